The van der Waals surface area contributed by atoms with Crippen LogP contribution in [0.4, 0.5) is 5.69 Å². The summed E-state index contributed by atoms with van der Waals surface area (Å²) in [7, 11) is 0. The van der Waals surface area contributed by atoms with E-state index in [0.29, 0.717) is 11.0 Å². The molecule has 0 aliphatic carbocycles. The molecule has 2 N–H and O–H groups in total. The van der Waals surface area contributed by atoms with Crippen LogP contribution in [0.15, 0.2) is 52.2 Å². The zero-order valence-corrected chi connectivity index (χ0v) is 13.8. The number of nitrogens with zero attached hydrogens (tertiary/aromatic N) is 2. The van der Waals surface area contributed by atoms with Crippen molar-refractivity contribution in [1.29, 1.82) is 0 Å². The van der Waals surface area contributed by atoms with Gasteiger partial charge in [-0.3, -0.25) is 9.89 Å². The number of benzene rings is 1. The Labute approximate surface area is 143 Å². The molecule has 0 atom stereocenters. The van der Waals surface area contributed by atoms with Crippen LogP contribution in [0.5, 0.6) is 0 Å². The van der Waals surface area contributed by atoms with E-state index in [0.717, 1.165) is 17.0 Å². The van der Waals surface area contributed by atoms with Crippen LogP contribution < -0.4 is 5.32 Å². The van der Waals surface area contributed by atoms with Crippen LogP contribution in [0.1, 0.15) is 17.1 Å². The van der Waals surface area contributed by atoms with E-state index < -0.39 is 0 Å². The molecule has 0 spiro atoms. The molecule has 3 rings (SSSR count). The Morgan fingerprint density at radius 3 is 2.88 bits per heavy atom. The summed E-state index contributed by atoms with van der Waals surface area (Å²) in [6.07, 6.45) is 5.16. The van der Waals surface area contributed by atoms with Gasteiger partial charge >= 0.3 is 0 Å². The fourth-order valence-electron chi connectivity index (χ4n) is 1.91. The summed E-state index contributed by atoms with van der Waals surface area (Å²) < 4.78 is 5.20. The summed E-state index contributed by atoms with van der Waals surface area (Å²) in [4.78, 5) is 16.2. The summed E-state index contributed by atoms with van der Waals surface area (Å²) in [5, 5.41) is 10.2. The summed E-state index contributed by atoms with van der Waals surface area (Å²) in [5.41, 5.74) is 1.93. The van der Waals surface area contributed by atoms with Gasteiger partial charge in [0.15, 0.2) is 0 Å². The molecule has 7 heteroatoms. The Hall–Kier alpha value is -2.80. The van der Waals surface area contributed by atoms with Crippen LogP contribution in [0.3, 0.4) is 0 Å². The second kappa shape index (κ2) is 7.65. The molecule has 0 aliphatic heterocycles. The summed E-state index contributed by atoms with van der Waals surface area (Å²) in [6.45, 7) is 2.00. The number of carbonyl (C=O) groups is 1. The number of H-pyrrole nitrogens is 1. The third-order valence-corrected chi connectivity index (χ3v) is 3.95. The van der Waals surface area contributed by atoms with Gasteiger partial charge in [0, 0.05) is 5.69 Å². The van der Waals surface area contributed by atoms with Crippen molar-refractivity contribution in [3.63, 3.8) is 0 Å². The first kappa shape index (κ1) is 16.1. The molecule has 0 radical (unpaired) electrons. The van der Waals surface area contributed by atoms with Crippen molar-refractivity contribution in [1.82, 2.24) is 15.2 Å². The number of carbonyl (C=O) groups excluding carboxylic acids is 1. The van der Waals surface area contributed by atoms with Crippen LogP contribution >= 0.6 is 11.8 Å². The molecular weight excluding hydrogens is 324 g/mol. The Balaban J connectivity index is 1.49. The van der Waals surface area contributed by atoms with Gasteiger partial charge in [-0.25, -0.2) is 4.98 Å². The average molecular weight is 340 g/mol. The van der Waals surface area contributed by atoms with E-state index in [-0.39, 0.29) is 11.7 Å². The Morgan fingerprint density at radius 1 is 1.29 bits per heavy atom. The maximum Gasteiger partial charge on any atom is 0.234 e. The number of hydrogen-bond donors (Lipinski definition) is 2. The van der Waals surface area contributed by atoms with Gasteiger partial charge in [0.25, 0.3) is 0 Å². The first-order valence-electron chi connectivity index (χ1n) is 7.32. The summed E-state index contributed by atoms with van der Waals surface area (Å²) in [6, 6.07) is 11.3. The highest BCUT2D eigenvalue weighted by atomic mass is 32.2. The molecule has 3 aromatic rings. The van der Waals surface area contributed by atoms with Gasteiger partial charge in [-0.1, -0.05) is 29.5 Å². The third kappa shape index (κ3) is 4.60. The summed E-state index contributed by atoms with van der Waals surface area (Å²) in [5.74, 6) is 1.49. The smallest absolute Gasteiger partial charge is 0.234 e. The van der Waals surface area contributed by atoms with Gasteiger partial charge in [0.2, 0.25) is 11.1 Å². The maximum atomic E-state index is 11.9. The van der Waals surface area contributed by atoms with E-state index in [4.69, 9.17) is 4.42 Å². The van der Waals surface area contributed by atoms with Crippen LogP contribution in [0.25, 0.3) is 12.2 Å². The minimum Gasteiger partial charge on any atom is -0.465 e. The van der Waals surface area contributed by atoms with Crippen LogP contribution in [-0.4, -0.2) is 26.8 Å². The average Bonchev–Trinajstić information content (AvgIpc) is 3.25. The monoisotopic (exact) mass is 340 g/mol. The molecule has 122 valence electrons. The molecule has 1 amide bonds. The van der Waals surface area contributed by atoms with E-state index in [9.17, 15) is 4.79 Å². The lowest BCUT2D eigenvalue weighted by atomic mass is 10.2. The number of furan rings is 1. The lowest BCUT2D eigenvalue weighted by Gasteiger charge is -2.04. The molecule has 0 bridgehead atoms. The Morgan fingerprint density at radius 2 is 2.12 bits per heavy atom. The van der Waals surface area contributed by atoms with E-state index in [2.05, 4.69) is 20.5 Å². The van der Waals surface area contributed by atoms with Crippen molar-refractivity contribution in [3.05, 3.63) is 59.8 Å². The van der Waals surface area contributed by atoms with Crippen molar-refractivity contribution >= 4 is 35.5 Å². The standard InChI is InChI=1S/C17H16N4O2S/c1-12-4-6-13(7-5-12)18-16(22)11-24-17-19-15(20-21-17)9-8-14-3-2-10-23-14/h2-10H,11H2,1H3,(H,18,22)(H,19,20,21). The predicted octanol–water partition coefficient (Wildman–Crippen LogP) is 3.61. The fraction of sp³-hybridized carbons (Fsp3) is 0.118. The van der Waals surface area contributed by atoms with E-state index >= 15 is 0 Å². The number of hydrogen-bond acceptors (Lipinski definition) is 5. The number of anilines is 1. The van der Waals surface area contributed by atoms with Gasteiger partial charge in [-0.2, -0.15) is 0 Å². The lowest BCUT2D eigenvalue weighted by molar-refractivity contribution is -0.113. The summed E-state index contributed by atoms with van der Waals surface area (Å²) >= 11 is 1.27. The SMILES string of the molecule is Cc1ccc(NC(=O)CSc2n[nH]c(C=Cc3ccco3)n2)cc1. The highest BCUT2D eigenvalue weighted by Gasteiger charge is 2.07. The van der Waals surface area contributed by atoms with Crippen LogP contribution in [-0.2, 0) is 4.79 Å². The molecule has 0 aliphatic rings. The first-order chi connectivity index (χ1) is 11.7. The topological polar surface area (TPSA) is 83.8 Å². The molecule has 6 nitrogen and oxygen atoms in total. The third-order valence-electron chi connectivity index (χ3n) is 3.10. The number of amides is 1. The van der Waals surface area contributed by atoms with Crippen molar-refractivity contribution in [2.24, 2.45) is 0 Å². The minimum atomic E-state index is -0.0960. The number of aromatic amines is 1. The van der Waals surface area contributed by atoms with E-state index in [1.54, 1.807) is 18.4 Å². The van der Waals surface area contributed by atoms with Gasteiger partial charge in [-0.15, -0.1) is 5.10 Å². The molecule has 0 unspecified atom stereocenters. The largest absolute Gasteiger partial charge is 0.465 e. The molecular formula is C17H16N4O2S. The zero-order chi connectivity index (χ0) is 16.8. The number of aromatic nitrogens is 3. The maximum absolute atomic E-state index is 11.9. The van der Waals surface area contributed by atoms with Crippen molar-refractivity contribution in [3.8, 4) is 0 Å². The molecule has 2 aromatic heterocycles. The Bertz CT molecular complexity index is 823. The molecule has 24 heavy (non-hydrogen) atoms. The van der Waals surface area contributed by atoms with Crippen molar-refractivity contribution in [2.45, 2.75) is 12.1 Å². The number of nitrogens with one attached hydrogen (secondary N) is 2. The van der Waals surface area contributed by atoms with Gasteiger partial charge < -0.3 is 9.73 Å². The molecule has 2 heterocycles. The van der Waals surface area contributed by atoms with Crippen molar-refractivity contribution < 1.29 is 9.21 Å². The fourth-order valence-corrected chi connectivity index (χ4v) is 2.51. The van der Waals surface area contributed by atoms with Gasteiger partial charge in [0.1, 0.15) is 11.6 Å². The molecule has 0 fully saturated rings. The molecule has 0 saturated heterocycles. The predicted molar refractivity (Wildman–Crippen MR) is 94.6 cm³/mol. The van der Waals surface area contributed by atoms with E-state index in [1.165, 1.54) is 11.8 Å². The zero-order valence-electron chi connectivity index (χ0n) is 13.0. The lowest BCUT2D eigenvalue weighted by Crippen LogP contribution is -2.14. The Kier molecular flexibility index (Phi) is 5.12. The van der Waals surface area contributed by atoms with E-state index in [1.807, 2.05) is 43.3 Å². The second-order valence-electron chi connectivity index (χ2n) is 5.05. The number of thioether (sulfide) groups is 1. The highest BCUT2D eigenvalue weighted by Crippen LogP contribution is 2.15. The van der Waals surface area contributed by atoms with Gasteiger partial charge in [0.05, 0.1) is 12.0 Å². The van der Waals surface area contributed by atoms with Gasteiger partial charge in [-0.05, 0) is 43.3 Å². The number of rotatable bonds is 6. The minimum absolute atomic E-state index is 0.0960. The first-order valence-corrected chi connectivity index (χ1v) is 8.31. The van der Waals surface area contributed by atoms with Crippen LogP contribution in [0.2, 0.25) is 0 Å². The number of aryl methyl sites for hydroxylation is 1. The highest BCUT2D eigenvalue weighted by molar-refractivity contribution is 7.99. The quantitative estimate of drug-likeness (QED) is 0.670. The molecule has 0 saturated carbocycles. The molecule has 1 aromatic carbocycles. The second-order valence-corrected chi connectivity index (χ2v) is 6.00. The van der Waals surface area contributed by atoms with Crippen LogP contribution in [0, 0.1) is 6.92 Å². The van der Waals surface area contributed by atoms with Crippen molar-refractivity contribution in [2.75, 3.05) is 11.1 Å². The normalized spacial score (nSPS) is 11.0.